The van der Waals surface area contributed by atoms with Crippen LogP contribution in [0.3, 0.4) is 0 Å². The van der Waals surface area contributed by atoms with Crippen LogP contribution in [0.1, 0.15) is 36.7 Å². The lowest BCUT2D eigenvalue weighted by atomic mass is 10.0. The third-order valence-electron chi connectivity index (χ3n) is 4.66. The van der Waals surface area contributed by atoms with Gasteiger partial charge in [0.1, 0.15) is 16.4 Å². The van der Waals surface area contributed by atoms with Crippen LogP contribution in [0, 0.1) is 6.92 Å². The van der Waals surface area contributed by atoms with E-state index in [9.17, 15) is 17.2 Å². The molecule has 1 atom stereocenters. The highest BCUT2D eigenvalue weighted by Gasteiger charge is 2.39. The van der Waals surface area contributed by atoms with Crippen molar-refractivity contribution in [1.29, 1.82) is 0 Å². The zero-order valence-corrected chi connectivity index (χ0v) is 16.0. The fourth-order valence-electron chi connectivity index (χ4n) is 3.38. The van der Waals surface area contributed by atoms with Crippen molar-refractivity contribution >= 4 is 10.0 Å². The van der Waals surface area contributed by atoms with E-state index in [0.29, 0.717) is 34.6 Å². The molecule has 0 bridgehead atoms. The summed E-state index contributed by atoms with van der Waals surface area (Å²) in [5, 5.41) is 3.62. The number of nitrogens with zero attached hydrogens (tertiary/aromatic N) is 3. The Balaban J connectivity index is 2.04. The monoisotopic (exact) mass is 401 g/mol. The third-order valence-corrected chi connectivity index (χ3v) is 6.67. The van der Waals surface area contributed by atoms with Crippen LogP contribution in [0.25, 0.3) is 0 Å². The molecule has 1 aliphatic rings. The minimum absolute atomic E-state index is 0.0403. The van der Waals surface area contributed by atoms with Crippen molar-refractivity contribution in [2.45, 2.75) is 37.3 Å². The van der Waals surface area contributed by atoms with Gasteiger partial charge in [-0.25, -0.2) is 13.1 Å². The highest BCUT2D eigenvalue weighted by Crippen LogP contribution is 2.42. The summed E-state index contributed by atoms with van der Waals surface area (Å²) in [6, 6.07) is 4.71. The molecule has 1 aromatic heterocycles. The lowest BCUT2D eigenvalue weighted by molar-refractivity contribution is 0.0561. The Bertz CT molecular complexity index is 930. The number of benzene rings is 1. The van der Waals surface area contributed by atoms with Gasteiger partial charge < -0.3 is 9.47 Å². The molecule has 0 unspecified atom stereocenters. The molecule has 148 valence electrons. The van der Waals surface area contributed by atoms with Crippen molar-refractivity contribution in [2.75, 3.05) is 20.8 Å². The topological polar surface area (TPSA) is 73.7 Å². The number of aromatic nitrogens is 2. The van der Waals surface area contributed by atoms with Crippen molar-refractivity contribution in [3.63, 3.8) is 0 Å². The van der Waals surface area contributed by atoms with E-state index in [-0.39, 0.29) is 17.1 Å². The van der Waals surface area contributed by atoms with E-state index in [1.54, 1.807) is 18.2 Å². The SMILES string of the molecule is COc1ccc(OC)c([C@@H]2CCCN2S(=O)(=O)c2cn(C(F)F)nc2C)c1. The average Bonchev–Trinajstić information content (AvgIpc) is 3.28. The zero-order chi connectivity index (χ0) is 19.8. The van der Waals surface area contributed by atoms with E-state index < -0.39 is 22.6 Å². The molecule has 3 rings (SSSR count). The second-order valence-electron chi connectivity index (χ2n) is 6.22. The number of hydrogen-bond acceptors (Lipinski definition) is 5. The molecular formula is C17H21F2N3O4S. The molecule has 1 aliphatic heterocycles. The van der Waals surface area contributed by atoms with Gasteiger partial charge in [-0.15, -0.1) is 0 Å². The van der Waals surface area contributed by atoms with Crippen LogP contribution in [0.4, 0.5) is 8.78 Å². The third kappa shape index (κ3) is 3.51. The van der Waals surface area contributed by atoms with Crippen LogP contribution < -0.4 is 9.47 Å². The lowest BCUT2D eigenvalue weighted by Crippen LogP contribution is -2.31. The second-order valence-corrected chi connectivity index (χ2v) is 8.08. The standard InChI is InChI=1S/C17H21F2N3O4S/c1-11-16(10-21(20-11)17(18)19)27(23,24)22-8-4-5-14(22)13-9-12(25-2)6-7-15(13)26-3/h6-7,9-10,14,17H,4-5,8H2,1-3H3/t14-/m0/s1. The van der Waals surface area contributed by atoms with Crippen LogP contribution in [-0.4, -0.2) is 43.3 Å². The van der Waals surface area contributed by atoms with Crippen molar-refractivity contribution < 1.29 is 26.7 Å². The van der Waals surface area contributed by atoms with E-state index >= 15 is 0 Å². The van der Waals surface area contributed by atoms with Crippen molar-refractivity contribution in [3.8, 4) is 11.5 Å². The summed E-state index contributed by atoms with van der Waals surface area (Å²) < 4.78 is 64.5. The van der Waals surface area contributed by atoms with Crippen LogP contribution >= 0.6 is 0 Å². The van der Waals surface area contributed by atoms with Crippen LogP contribution in [-0.2, 0) is 10.0 Å². The minimum Gasteiger partial charge on any atom is -0.497 e. The minimum atomic E-state index is -4.00. The maximum atomic E-state index is 13.2. The Morgan fingerprint density at radius 1 is 1.26 bits per heavy atom. The molecule has 1 fully saturated rings. The number of sulfonamides is 1. The summed E-state index contributed by atoms with van der Waals surface area (Å²) in [6.07, 6.45) is 2.12. The molecule has 0 radical (unpaired) electrons. The van der Waals surface area contributed by atoms with Gasteiger partial charge in [0.05, 0.1) is 32.2 Å². The van der Waals surface area contributed by atoms with Crippen molar-refractivity contribution in [1.82, 2.24) is 14.1 Å². The molecule has 1 saturated heterocycles. The van der Waals surface area contributed by atoms with E-state index in [1.165, 1.54) is 25.4 Å². The Labute approximate surface area is 156 Å². The Kier molecular flexibility index (Phi) is 5.38. The Morgan fingerprint density at radius 2 is 2.00 bits per heavy atom. The molecule has 0 spiro atoms. The number of hydrogen-bond donors (Lipinski definition) is 0. The molecule has 10 heteroatoms. The van der Waals surface area contributed by atoms with E-state index in [4.69, 9.17) is 9.47 Å². The lowest BCUT2D eigenvalue weighted by Gasteiger charge is -2.25. The maximum absolute atomic E-state index is 13.2. The predicted molar refractivity (Wildman–Crippen MR) is 93.6 cm³/mol. The molecule has 0 amide bonds. The second kappa shape index (κ2) is 7.43. The first-order valence-corrected chi connectivity index (χ1v) is 9.81. The van der Waals surface area contributed by atoms with Gasteiger partial charge >= 0.3 is 6.55 Å². The van der Waals surface area contributed by atoms with Gasteiger partial charge in [-0.1, -0.05) is 0 Å². The number of ether oxygens (including phenoxy) is 2. The number of halogens is 2. The zero-order valence-electron chi connectivity index (χ0n) is 15.2. The van der Waals surface area contributed by atoms with Crippen molar-refractivity contribution in [2.24, 2.45) is 0 Å². The van der Waals surface area contributed by atoms with E-state index in [2.05, 4.69) is 5.10 Å². The smallest absolute Gasteiger partial charge is 0.333 e. The fraction of sp³-hybridized carbons (Fsp3) is 0.471. The fourth-order valence-corrected chi connectivity index (χ4v) is 5.21. The molecule has 27 heavy (non-hydrogen) atoms. The molecule has 0 aliphatic carbocycles. The normalized spacial score (nSPS) is 18.2. The van der Waals surface area contributed by atoms with Gasteiger partial charge in [0.25, 0.3) is 0 Å². The summed E-state index contributed by atoms with van der Waals surface area (Å²) in [5.74, 6) is 1.12. The highest BCUT2D eigenvalue weighted by molar-refractivity contribution is 7.89. The largest absolute Gasteiger partial charge is 0.497 e. The molecule has 2 heterocycles. The number of rotatable bonds is 6. The number of aryl methyl sites for hydroxylation is 1. The maximum Gasteiger partial charge on any atom is 0.333 e. The van der Waals surface area contributed by atoms with Crippen LogP contribution in [0.2, 0.25) is 0 Å². The van der Waals surface area contributed by atoms with Gasteiger partial charge in [0.2, 0.25) is 10.0 Å². The van der Waals surface area contributed by atoms with Gasteiger partial charge in [-0.05, 0) is 38.0 Å². The number of alkyl halides is 2. The van der Waals surface area contributed by atoms with Gasteiger partial charge in [0, 0.05) is 12.1 Å². The summed E-state index contributed by atoms with van der Waals surface area (Å²) in [6.45, 7) is -1.21. The first-order chi connectivity index (χ1) is 12.8. The quantitative estimate of drug-likeness (QED) is 0.744. The Morgan fingerprint density at radius 3 is 2.59 bits per heavy atom. The highest BCUT2D eigenvalue weighted by atomic mass is 32.2. The summed E-state index contributed by atoms with van der Waals surface area (Å²) >= 11 is 0. The van der Waals surface area contributed by atoms with E-state index in [0.717, 1.165) is 6.20 Å². The van der Waals surface area contributed by atoms with Crippen molar-refractivity contribution in [3.05, 3.63) is 35.7 Å². The Hall–Kier alpha value is -2.20. The molecule has 0 N–H and O–H groups in total. The van der Waals surface area contributed by atoms with Gasteiger partial charge in [0.15, 0.2) is 0 Å². The summed E-state index contributed by atoms with van der Waals surface area (Å²) in [5.41, 5.74) is 0.718. The molecular weight excluding hydrogens is 380 g/mol. The molecule has 2 aromatic rings. The summed E-state index contributed by atoms with van der Waals surface area (Å²) in [4.78, 5) is -0.212. The summed E-state index contributed by atoms with van der Waals surface area (Å²) in [7, 11) is -0.969. The molecule has 7 nitrogen and oxygen atoms in total. The predicted octanol–water partition coefficient (Wildman–Crippen LogP) is 3.13. The molecule has 0 saturated carbocycles. The first-order valence-electron chi connectivity index (χ1n) is 8.37. The van der Waals surface area contributed by atoms with E-state index in [1.807, 2.05) is 0 Å². The van der Waals surface area contributed by atoms with Crippen LogP contribution in [0.5, 0.6) is 11.5 Å². The number of methoxy groups -OCH3 is 2. The van der Waals surface area contributed by atoms with Crippen LogP contribution in [0.15, 0.2) is 29.3 Å². The molecule has 1 aromatic carbocycles. The van der Waals surface area contributed by atoms with Gasteiger partial charge in [-0.3, -0.25) is 0 Å². The van der Waals surface area contributed by atoms with Gasteiger partial charge in [-0.2, -0.15) is 18.2 Å². The average molecular weight is 401 g/mol. The first kappa shape index (κ1) is 19.6.